The molecule has 0 radical (unpaired) electrons. The summed E-state index contributed by atoms with van der Waals surface area (Å²) >= 11 is 0. The van der Waals surface area contributed by atoms with Gasteiger partial charge in [-0.3, -0.25) is 14.4 Å². The first kappa shape index (κ1) is 26.1. The van der Waals surface area contributed by atoms with E-state index in [4.69, 9.17) is 18.9 Å². The number of carboxylic acids is 1. The van der Waals surface area contributed by atoms with Crippen LogP contribution >= 0.6 is 0 Å². The highest BCUT2D eigenvalue weighted by atomic mass is 16.7. The zero-order valence-electron chi connectivity index (χ0n) is 19.1. The first-order valence-corrected chi connectivity index (χ1v) is 11.0. The van der Waals surface area contributed by atoms with Gasteiger partial charge < -0.3 is 29.4 Å². The van der Waals surface area contributed by atoms with Crippen molar-refractivity contribution in [2.24, 2.45) is 0 Å². The number of nitrogens with one attached hydrogen (secondary N) is 1. The van der Waals surface area contributed by atoms with Crippen LogP contribution in [0.4, 0.5) is 4.79 Å². The second kappa shape index (κ2) is 12.8. The largest absolute Gasteiger partial charge is 0.508 e. The molecule has 1 aliphatic carbocycles. The van der Waals surface area contributed by atoms with Crippen molar-refractivity contribution in [1.82, 2.24) is 5.32 Å². The molecular formula is C23H31NO9. The van der Waals surface area contributed by atoms with Gasteiger partial charge >= 0.3 is 24.1 Å². The molecule has 0 bridgehead atoms. The highest BCUT2D eigenvalue weighted by Gasteiger charge is 2.23. The van der Waals surface area contributed by atoms with Gasteiger partial charge in [-0.2, -0.15) is 0 Å². The van der Waals surface area contributed by atoms with E-state index in [0.717, 1.165) is 32.1 Å². The van der Waals surface area contributed by atoms with Gasteiger partial charge in [0.15, 0.2) is 11.5 Å². The molecule has 1 aromatic carbocycles. The Kier molecular flexibility index (Phi) is 10.1. The minimum absolute atomic E-state index is 0.0153. The van der Waals surface area contributed by atoms with E-state index in [0.29, 0.717) is 5.56 Å². The van der Waals surface area contributed by atoms with E-state index < -0.39 is 36.2 Å². The third-order valence-electron chi connectivity index (χ3n) is 5.02. The Labute approximate surface area is 192 Å². The van der Waals surface area contributed by atoms with E-state index in [9.17, 15) is 24.3 Å². The second-order valence-electron chi connectivity index (χ2n) is 8.03. The normalized spacial score (nSPS) is 15.7. The molecule has 1 unspecified atom stereocenters. The maximum atomic E-state index is 12.0. The van der Waals surface area contributed by atoms with E-state index >= 15 is 0 Å². The summed E-state index contributed by atoms with van der Waals surface area (Å²) < 4.78 is 20.6. The molecule has 0 saturated heterocycles. The van der Waals surface area contributed by atoms with Crippen LogP contribution in [0.1, 0.15) is 58.4 Å². The smallest absolute Gasteiger partial charge is 0.480 e. The topological polar surface area (TPSA) is 137 Å². The molecule has 2 rings (SSSR count). The fourth-order valence-electron chi connectivity index (χ4n) is 3.50. The quantitative estimate of drug-likeness (QED) is 0.392. The summed E-state index contributed by atoms with van der Waals surface area (Å²) in [6.07, 6.45) is 3.40. The SMILES string of the molecule is CC(=O)Oc1ccc(C[C@H](NCC(C)OC(=O)OC2CCCCC2)C(=O)O)cc1OC(C)=O. The molecule has 1 aliphatic rings. The Balaban J connectivity index is 1.93. The first-order chi connectivity index (χ1) is 15.6. The maximum Gasteiger partial charge on any atom is 0.508 e. The molecule has 10 heteroatoms. The van der Waals surface area contributed by atoms with Gasteiger partial charge in [-0.15, -0.1) is 0 Å². The molecule has 1 saturated carbocycles. The van der Waals surface area contributed by atoms with Crippen molar-refractivity contribution < 1.29 is 43.2 Å². The van der Waals surface area contributed by atoms with Gasteiger partial charge in [-0.1, -0.05) is 12.5 Å². The Morgan fingerprint density at radius 1 is 1.03 bits per heavy atom. The number of hydrogen-bond donors (Lipinski definition) is 2. The summed E-state index contributed by atoms with van der Waals surface area (Å²) in [5.74, 6) is -2.23. The minimum Gasteiger partial charge on any atom is -0.480 e. The molecule has 0 aliphatic heterocycles. The molecule has 182 valence electrons. The van der Waals surface area contributed by atoms with Crippen molar-refractivity contribution in [2.45, 2.75) is 77.5 Å². The van der Waals surface area contributed by atoms with Gasteiger partial charge in [0, 0.05) is 20.4 Å². The van der Waals surface area contributed by atoms with Crippen molar-refractivity contribution in [3.05, 3.63) is 23.8 Å². The molecule has 10 nitrogen and oxygen atoms in total. The van der Waals surface area contributed by atoms with Crippen LogP contribution in [0.3, 0.4) is 0 Å². The molecule has 2 atom stereocenters. The van der Waals surface area contributed by atoms with Crippen LogP contribution in [-0.2, 0) is 30.3 Å². The number of rotatable bonds is 10. The number of carboxylic acid groups (broad SMARTS) is 1. The molecular weight excluding hydrogens is 434 g/mol. The first-order valence-electron chi connectivity index (χ1n) is 11.0. The van der Waals surface area contributed by atoms with E-state index in [1.165, 1.54) is 26.0 Å². The Morgan fingerprint density at radius 2 is 1.67 bits per heavy atom. The van der Waals surface area contributed by atoms with Crippen molar-refractivity contribution in [3.63, 3.8) is 0 Å². The van der Waals surface area contributed by atoms with Crippen LogP contribution in [-0.4, -0.2) is 54.0 Å². The number of aliphatic carboxylic acids is 1. The van der Waals surface area contributed by atoms with Gasteiger partial charge in [-0.05, 0) is 56.7 Å². The monoisotopic (exact) mass is 465 g/mol. The summed E-state index contributed by atoms with van der Waals surface area (Å²) in [5.41, 5.74) is 0.535. The van der Waals surface area contributed by atoms with Crippen LogP contribution in [0, 0.1) is 0 Å². The van der Waals surface area contributed by atoms with E-state index in [2.05, 4.69) is 5.32 Å². The molecule has 0 amide bonds. The lowest BCUT2D eigenvalue weighted by atomic mass is 9.98. The summed E-state index contributed by atoms with van der Waals surface area (Å²) in [7, 11) is 0. The van der Waals surface area contributed by atoms with Gasteiger partial charge in [0.2, 0.25) is 0 Å². The van der Waals surface area contributed by atoms with Gasteiger partial charge in [0.25, 0.3) is 0 Å². The predicted molar refractivity (Wildman–Crippen MR) is 116 cm³/mol. The summed E-state index contributed by atoms with van der Waals surface area (Å²) in [6, 6.07) is 3.44. The zero-order chi connectivity index (χ0) is 24.4. The number of ether oxygens (including phenoxy) is 4. The van der Waals surface area contributed by atoms with E-state index in [1.807, 2.05) is 0 Å². The predicted octanol–water partition coefficient (Wildman–Crippen LogP) is 3.00. The third kappa shape index (κ3) is 9.48. The Morgan fingerprint density at radius 3 is 2.27 bits per heavy atom. The van der Waals surface area contributed by atoms with E-state index in [1.54, 1.807) is 13.0 Å². The molecule has 0 aromatic heterocycles. The average Bonchev–Trinajstić information content (AvgIpc) is 2.72. The average molecular weight is 465 g/mol. The lowest BCUT2D eigenvalue weighted by molar-refractivity contribution is -0.139. The fourth-order valence-corrected chi connectivity index (χ4v) is 3.50. The van der Waals surface area contributed by atoms with Crippen molar-refractivity contribution >= 4 is 24.1 Å². The second-order valence-corrected chi connectivity index (χ2v) is 8.03. The molecule has 0 spiro atoms. The molecule has 1 fully saturated rings. The number of carbonyl (C=O) groups is 4. The number of esters is 2. The molecule has 2 N–H and O–H groups in total. The Bertz CT molecular complexity index is 848. The van der Waals surface area contributed by atoms with Crippen molar-refractivity contribution in [3.8, 4) is 11.5 Å². The maximum absolute atomic E-state index is 12.0. The lowest BCUT2D eigenvalue weighted by Gasteiger charge is -2.23. The zero-order valence-corrected chi connectivity index (χ0v) is 19.1. The fraction of sp³-hybridized carbons (Fsp3) is 0.565. The van der Waals surface area contributed by atoms with Crippen LogP contribution in [0.2, 0.25) is 0 Å². The molecule has 0 heterocycles. The highest BCUT2D eigenvalue weighted by Crippen LogP contribution is 2.29. The Hall–Kier alpha value is -3.14. The summed E-state index contributed by atoms with van der Waals surface area (Å²) in [4.78, 5) is 46.3. The third-order valence-corrected chi connectivity index (χ3v) is 5.02. The van der Waals surface area contributed by atoms with Gasteiger partial charge in [-0.25, -0.2) is 4.79 Å². The highest BCUT2D eigenvalue weighted by molar-refractivity contribution is 5.75. The number of hydrogen-bond acceptors (Lipinski definition) is 9. The molecule has 1 aromatic rings. The van der Waals surface area contributed by atoms with Crippen molar-refractivity contribution in [1.29, 1.82) is 0 Å². The van der Waals surface area contributed by atoms with Crippen LogP contribution in [0.25, 0.3) is 0 Å². The number of benzene rings is 1. The lowest BCUT2D eigenvalue weighted by Crippen LogP contribution is -2.43. The minimum atomic E-state index is -1.11. The summed E-state index contributed by atoms with van der Waals surface area (Å²) in [6.45, 7) is 4.15. The van der Waals surface area contributed by atoms with Crippen molar-refractivity contribution in [2.75, 3.05) is 6.54 Å². The van der Waals surface area contributed by atoms with Gasteiger partial charge in [0.1, 0.15) is 18.2 Å². The standard InChI is InChI=1S/C23H31NO9/c1-14(30-23(29)33-18-7-5-4-6-8-18)13-24-19(22(27)28)11-17-9-10-20(31-15(2)25)21(12-17)32-16(3)26/h9-10,12,14,18-19,24H,4-8,11,13H2,1-3H3,(H,27,28)/t14?,19-/m0/s1. The van der Waals surface area contributed by atoms with Crippen LogP contribution < -0.4 is 14.8 Å². The molecule has 33 heavy (non-hydrogen) atoms. The van der Waals surface area contributed by atoms with Crippen LogP contribution in [0.5, 0.6) is 11.5 Å². The summed E-state index contributed by atoms with van der Waals surface area (Å²) in [5, 5.41) is 12.4. The van der Waals surface area contributed by atoms with E-state index in [-0.39, 0.29) is 30.6 Å². The van der Waals surface area contributed by atoms with Gasteiger partial charge in [0.05, 0.1) is 0 Å². The number of carbonyl (C=O) groups excluding carboxylic acids is 3. The van der Waals surface area contributed by atoms with Crippen LogP contribution in [0.15, 0.2) is 18.2 Å².